The minimum absolute atomic E-state index is 0.108. The summed E-state index contributed by atoms with van der Waals surface area (Å²) in [6.45, 7) is 2.12. The molecule has 0 aromatic heterocycles. The predicted octanol–water partition coefficient (Wildman–Crippen LogP) is 4.71. The van der Waals surface area contributed by atoms with Gasteiger partial charge < -0.3 is 4.90 Å². The highest BCUT2D eigenvalue weighted by Gasteiger charge is 2.44. The van der Waals surface area contributed by atoms with Crippen molar-refractivity contribution >= 4 is 46.0 Å². The molecule has 0 N–H and O–H groups in total. The molecule has 0 aliphatic carbocycles. The Hall–Kier alpha value is -3.07. The van der Waals surface area contributed by atoms with Crippen LogP contribution in [-0.4, -0.2) is 28.7 Å². The number of halogens is 2. The van der Waals surface area contributed by atoms with Gasteiger partial charge in [-0.25, -0.2) is 9.29 Å². The second-order valence-electron chi connectivity index (χ2n) is 7.69. The van der Waals surface area contributed by atoms with E-state index in [0.717, 1.165) is 19.6 Å². The lowest BCUT2D eigenvalue weighted by Crippen LogP contribution is -2.45. The summed E-state index contributed by atoms with van der Waals surface area (Å²) in [6, 6.07) is 18.9. The van der Waals surface area contributed by atoms with Gasteiger partial charge in [0.1, 0.15) is 11.9 Å². The summed E-state index contributed by atoms with van der Waals surface area (Å²) in [4.78, 5) is 42.1. The molecule has 1 heterocycles. The molecular formula is C25H20FIN2O3. The highest BCUT2D eigenvalue weighted by atomic mass is 127. The molecule has 1 saturated heterocycles. The van der Waals surface area contributed by atoms with Crippen molar-refractivity contribution in [3.63, 3.8) is 0 Å². The van der Waals surface area contributed by atoms with Crippen molar-refractivity contribution < 1.29 is 18.8 Å². The third-order valence-corrected chi connectivity index (χ3v) is 6.13. The van der Waals surface area contributed by atoms with Crippen molar-refractivity contribution in [3.05, 3.63) is 98.9 Å². The van der Waals surface area contributed by atoms with E-state index in [1.807, 2.05) is 43.3 Å². The van der Waals surface area contributed by atoms with Gasteiger partial charge in [0.15, 0.2) is 0 Å². The third kappa shape index (κ3) is 4.57. The highest BCUT2D eigenvalue weighted by Crippen LogP contribution is 2.28. The van der Waals surface area contributed by atoms with Gasteiger partial charge in [0.05, 0.1) is 12.1 Å². The van der Waals surface area contributed by atoms with Crippen LogP contribution in [0.3, 0.4) is 0 Å². The van der Waals surface area contributed by atoms with E-state index in [0.29, 0.717) is 5.69 Å². The van der Waals surface area contributed by atoms with Crippen molar-refractivity contribution in [2.24, 2.45) is 0 Å². The molecule has 3 aromatic carbocycles. The fourth-order valence-corrected chi connectivity index (χ4v) is 4.05. The van der Waals surface area contributed by atoms with E-state index in [-0.39, 0.29) is 24.4 Å². The minimum atomic E-state index is -0.944. The molecule has 1 atom stereocenters. The molecule has 4 rings (SSSR count). The van der Waals surface area contributed by atoms with E-state index in [1.165, 1.54) is 29.2 Å². The van der Waals surface area contributed by atoms with Crippen LogP contribution in [0.2, 0.25) is 0 Å². The van der Waals surface area contributed by atoms with Crippen LogP contribution in [0.1, 0.15) is 27.9 Å². The van der Waals surface area contributed by atoms with Crippen LogP contribution >= 0.6 is 22.6 Å². The molecular weight excluding hydrogens is 522 g/mol. The molecule has 162 valence electrons. The maximum atomic E-state index is 13.4. The van der Waals surface area contributed by atoms with Crippen LogP contribution in [0.25, 0.3) is 0 Å². The van der Waals surface area contributed by atoms with Crippen LogP contribution in [0, 0.1) is 16.3 Å². The van der Waals surface area contributed by atoms with Crippen LogP contribution in [-0.2, 0) is 16.1 Å². The lowest BCUT2D eigenvalue weighted by atomic mass is 10.1. The smallest absolute Gasteiger partial charge is 0.257 e. The van der Waals surface area contributed by atoms with Gasteiger partial charge in [0.25, 0.3) is 11.8 Å². The zero-order valence-corrected chi connectivity index (χ0v) is 19.5. The van der Waals surface area contributed by atoms with E-state index in [9.17, 15) is 18.8 Å². The Morgan fingerprint density at radius 1 is 1.00 bits per heavy atom. The summed E-state index contributed by atoms with van der Waals surface area (Å²) in [7, 11) is 0. The number of nitrogens with zero attached hydrogens (tertiary/aromatic N) is 2. The molecule has 7 heteroatoms. The van der Waals surface area contributed by atoms with E-state index in [4.69, 9.17) is 0 Å². The molecule has 1 unspecified atom stereocenters. The number of hydrogen-bond donors (Lipinski definition) is 0. The molecule has 3 amide bonds. The summed E-state index contributed by atoms with van der Waals surface area (Å²) in [6.07, 6.45) is -0.108. The molecule has 0 spiro atoms. The first kappa shape index (κ1) is 22.1. The number of aryl methyl sites for hydroxylation is 1. The first-order valence-corrected chi connectivity index (χ1v) is 11.2. The van der Waals surface area contributed by atoms with Crippen molar-refractivity contribution in [3.8, 4) is 0 Å². The molecule has 1 aliphatic rings. The molecule has 5 nitrogen and oxygen atoms in total. The average Bonchev–Trinajstić information content (AvgIpc) is 3.08. The number of rotatable bonds is 5. The summed E-state index contributed by atoms with van der Waals surface area (Å²) < 4.78 is 14.4. The molecule has 0 radical (unpaired) electrons. The topological polar surface area (TPSA) is 57.7 Å². The minimum Gasteiger partial charge on any atom is -0.322 e. The van der Waals surface area contributed by atoms with Crippen molar-refractivity contribution in [2.75, 3.05) is 4.90 Å². The van der Waals surface area contributed by atoms with E-state index >= 15 is 0 Å². The predicted molar refractivity (Wildman–Crippen MR) is 128 cm³/mol. The van der Waals surface area contributed by atoms with Crippen molar-refractivity contribution in [2.45, 2.75) is 25.9 Å². The first-order valence-electron chi connectivity index (χ1n) is 10.1. The van der Waals surface area contributed by atoms with Gasteiger partial charge in [-0.1, -0.05) is 29.8 Å². The summed E-state index contributed by atoms with van der Waals surface area (Å²) >= 11 is 2.15. The number of amides is 3. The van der Waals surface area contributed by atoms with Gasteiger partial charge in [0, 0.05) is 15.7 Å². The lowest BCUT2D eigenvalue weighted by molar-refractivity contribution is -0.122. The normalized spacial score (nSPS) is 15.8. The monoisotopic (exact) mass is 542 g/mol. The number of anilines is 1. The van der Waals surface area contributed by atoms with Gasteiger partial charge in [-0.2, -0.15) is 0 Å². The van der Waals surface area contributed by atoms with Gasteiger partial charge in [0.2, 0.25) is 5.91 Å². The van der Waals surface area contributed by atoms with Crippen molar-refractivity contribution in [1.82, 2.24) is 4.90 Å². The molecule has 0 bridgehead atoms. The zero-order chi connectivity index (χ0) is 22.8. The molecule has 32 heavy (non-hydrogen) atoms. The zero-order valence-electron chi connectivity index (χ0n) is 17.3. The number of carbonyl (C=O) groups is 3. The Labute approximate surface area is 199 Å². The number of hydrogen-bond acceptors (Lipinski definition) is 3. The quantitative estimate of drug-likeness (QED) is 0.347. The molecule has 3 aromatic rings. The fourth-order valence-electron chi connectivity index (χ4n) is 3.69. The second kappa shape index (κ2) is 9.20. The maximum Gasteiger partial charge on any atom is 0.257 e. The fraction of sp³-hybridized carbons (Fsp3) is 0.160. The van der Waals surface area contributed by atoms with E-state index in [1.54, 1.807) is 12.1 Å². The lowest BCUT2D eigenvalue weighted by Gasteiger charge is -2.28. The number of imide groups is 1. The number of benzene rings is 3. The SMILES string of the molecule is Cc1ccc(CN(C(=O)c2ccc(F)cc2)C2CC(=O)N(c3ccc(I)cc3)C2=O)cc1. The maximum absolute atomic E-state index is 13.4. The standard InChI is InChI=1S/C25H20FIN2O3/c1-16-2-4-17(5-3-16)15-28(24(31)18-6-8-19(26)9-7-18)22-14-23(30)29(25(22)32)21-12-10-20(27)11-13-21/h2-13,22H,14-15H2,1H3. The molecule has 1 fully saturated rings. The number of carbonyl (C=O) groups excluding carboxylic acids is 3. The van der Waals surface area contributed by atoms with Crippen LogP contribution < -0.4 is 4.90 Å². The average molecular weight is 542 g/mol. The molecule has 1 aliphatic heterocycles. The summed E-state index contributed by atoms with van der Waals surface area (Å²) in [5.74, 6) is -1.69. The van der Waals surface area contributed by atoms with Gasteiger partial charge in [-0.05, 0) is 83.6 Å². The second-order valence-corrected chi connectivity index (χ2v) is 8.93. The Morgan fingerprint density at radius 3 is 2.25 bits per heavy atom. The van der Waals surface area contributed by atoms with Gasteiger partial charge in [-0.3, -0.25) is 14.4 Å². The Kier molecular flexibility index (Phi) is 6.36. The van der Waals surface area contributed by atoms with Crippen LogP contribution in [0.4, 0.5) is 10.1 Å². The Morgan fingerprint density at radius 2 is 1.62 bits per heavy atom. The third-order valence-electron chi connectivity index (χ3n) is 5.41. The summed E-state index contributed by atoms with van der Waals surface area (Å²) in [5.41, 5.74) is 2.64. The summed E-state index contributed by atoms with van der Waals surface area (Å²) in [5, 5.41) is 0. The molecule has 0 saturated carbocycles. The van der Waals surface area contributed by atoms with E-state index in [2.05, 4.69) is 22.6 Å². The van der Waals surface area contributed by atoms with Crippen molar-refractivity contribution in [1.29, 1.82) is 0 Å². The van der Waals surface area contributed by atoms with Crippen LogP contribution in [0.15, 0.2) is 72.8 Å². The first-order chi connectivity index (χ1) is 15.3. The Bertz CT molecular complexity index is 1160. The highest BCUT2D eigenvalue weighted by molar-refractivity contribution is 14.1. The Balaban J connectivity index is 1.68. The van der Waals surface area contributed by atoms with Gasteiger partial charge >= 0.3 is 0 Å². The van der Waals surface area contributed by atoms with Gasteiger partial charge in [-0.15, -0.1) is 0 Å². The largest absolute Gasteiger partial charge is 0.322 e. The van der Waals surface area contributed by atoms with Crippen LogP contribution in [0.5, 0.6) is 0 Å². The van der Waals surface area contributed by atoms with E-state index < -0.39 is 23.7 Å².